The maximum Gasteiger partial charge on any atom is 0.335 e. The number of carboxylic acid groups (broad SMARTS) is 1. The number of ether oxygens (including phenoxy) is 4. The van der Waals surface area contributed by atoms with Crippen LogP contribution in [0.1, 0.15) is 239 Å². The first kappa shape index (κ1) is 59.4. The third-order valence-electron chi connectivity index (χ3n) is 31.0. The quantitative estimate of drug-likeness (QED) is 0.0679. The fraction of sp³-hybridized carbons (Fsp3) is 0.763. The average Bonchev–Trinajstić information content (AvgIpc) is 1.56. The number of hydrogen-bond acceptors (Lipinski definition) is 14. The van der Waals surface area contributed by atoms with Crippen LogP contribution in [-0.4, -0.2) is 121 Å². The van der Waals surface area contributed by atoms with Crippen molar-refractivity contribution in [2.45, 2.75) is 266 Å². The van der Waals surface area contributed by atoms with E-state index in [1.807, 2.05) is 0 Å². The lowest BCUT2D eigenvalue weighted by Gasteiger charge is -2.72. The van der Waals surface area contributed by atoms with E-state index in [0.29, 0.717) is 61.1 Å². The van der Waals surface area contributed by atoms with E-state index in [1.165, 1.54) is 139 Å². The number of phenolic OH excluding ortho intramolecular Hbond substituents is 2. The molecule has 16 aliphatic rings. The molecule has 10 saturated carbocycles. The van der Waals surface area contributed by atoms with Gasteiger partial charge in [0.15, 0.2) is 11.4 Å². The number of benzene rings is 2. The lowest BCUT2D eigenvalue weighted by molar-refractivity contribution is -0.370. The van der Waals surface area contributed by atoms with Crippen LogP contribution in [0.25, 0.3) is 10.8 Å². The Morgan fingerprint density at radius 2 is 1.55 bits per heavy atom. The first-order chi connectivity index (χ1) is 43.7. The van der Waals surface area contributed by atoms with Gasteiger partial charge in [-0.2, -0.15) is 0 Å². The zero-order valence-corrected chi connectivity index (χ0v) is 53.9. The topological polar surface area (TPSA) is 237 Å². The Morgan fingerprint density at radius 3 is 2.33 bits per heavy atom. The van der Waals surface area contributed by atoms with Gasteiger partial charge in [0, 0.05) is 53.5 Å². The van der Waals surface area contributed by atoms with E-state index in [9.17, 15) is 45.3 Å². The summed E-state index contributed by atoms with van der Waals surface area (Å²) in [5, 5.41) is 85.9. The number of carboxylic acids is 1. The molecule has 18 rings (SSSR count). The SMILES string of the molecule is CC(=O)c1c(C)c(O)c2cc(C(=O)O)cc(O[C@@H]3O[C@@]4(CO)C#CC[C@H]5CCC[C@]56CC[C@@]5(CCC[C@]7(C5)O[C@@]4(C[C@@H]4C5=C7CC=C5[C@@]5(CCCO)COC[C@@H]7C[C@@]89C[C@]4(NN[C@@H]8C[C@]4(CC8(CCCC8)C[C@]48CCC4(CCCC4)C8)C9)[C@H]75)[C@H](O)[C@H]3O)C6)c2c1O. The Labute approximate surface area is 535 Å². The molecule has 490 valence electrons. The highest BCUT2D eigenvalue weighted by molar-refractivity contribution is 6.11. The molecular weight excluding hydrogens is 1150 g/mol. The summed E-state index contributed by atoms with van der Waals surface area (Å²) < 4.78 is 29.9. The van der Waals surface area contributed by atoms with Crippen molar-refractivity contribution in [3.63, 3.8) is 0 Å². The number of carbonyl (C=O) groups is 2. The second-order valence-electron chi connectivity index (χ2n) is 34.8. The van der Waals surface area contributed by atoms with Gasteiger partial charge in [0.25, 0.3) is 0 Å². The summed E-state index contributed by atoms with van der Waals surface area (Å²) in [4.78, 5) is 26.2. The number of aromatic hydroxyl groups is 2. The van der Waals surface area contributed by atoms with E-state index < -0.39 is 76.1 Å². The number of nitrogens with one attached hydrogen (secondary N) is 2. The molecule has 13 fully saturated rings. The van der Waals surface area contributed by atoms with Crippen LogP contribution >= 0.6 is 0 Å². The number of allylic oxidation sites excluding steroid dienone is 1. The van der Waals surface area contributed by atoms with E-state index >= 15 is 0 Å². The third kappa shape index (κ3) is 7.61. The number of carbonyl (C=O) groups excluding carboxylic acids is 1. The first-order valence-electron chi connectivity index (χ1n) is 36.1. The van der Waals surface area contributed by atoms with Gasteiger partial charge in [-0.25, -0.2) is 4.79 Å². The van der Waals surface area contributed by atoms with Crippen molar-refractivity contribution >= 4 is 22.5 Å². The average molecular weight is 1250 g/mol. The van der Waals surface area contributed by atoms with Crippen LogP contribution in [0.4, 0.5) is 0 Å². The molecule has 15 nitrogen and oxygen atoms in total. The predicted molar refractivity (Wildman–Crippen MR) is 338 cm³/mol. The fourth-order valence-electron chi connectivity index (χ4n) is 28.3. The van der Waals surface area contributed by atoms with E-state index in [0.717, 1.165) is 77.0 Å². The number of ketones is 1. The van der Waals surface area contributed by atoms with E-state index in [-0.39, 0.29) is 91.7 Å². The zero-order valence-electron chi connectivity index (χ0n) is 53.9. The lowest BCUT2D eigenvalue weighted by Crippen LogP contribution is -2.82. The van der Waals surface area contributed by atoms with Gasteiger partial charge in [0.05, 0.1) is 35.3 Å². The molecule has 2 aromatic rings. The van der Waals surface area contributed by atoms with E-state index in [2.05, 4.69) is 28.8 Å². The molecule has 0 amide bonds. The van der Waals surface area contributed by atoms with E-state index in [4.69, 9.17) is 18.9 Å². The zero-order chi connectivity index (χ0) is 62.4. The normalized spacial score (nSPS) is 47.1. The summed E-state index contributed by atoms with van der Waals surface area (Å²) in [5.74, 6) is 4.29. The fourth-order valence-corrected chi connectivity index (χ4v) is 28.3. The van der Waals surface area contributed by atoms with Gasteiger partial charge in [-0.05, 0) is 265 Å². The first-order valence-corrected chi connectivity index (χ1v) is 36.1. The highest BCUT2D eigenvalue weighted by Crippen LogP contribution is 2.83. The minimum atomic E-state index is -2.08. The molecule has 18 atom stereocenters. The third-order valence-corrected chi connectivity index (χ3v) is 31.0. The van der Waals surface area contributed by atoms with Crippen molar-refractivity contribution in [3.05, 3.63) is 51.6 Å². The van der Waals surface area contributed by atoms with Crippen molar-refractivity contribution in [1.29, 1.82) is 0 Å². The van der Waals surface area contributed by atoms with Crippen molar-refractivity contribution in [1.82, 2.24) is 10.9 Å². The Balaban J connectivity index is 0.836. The van der Waals surface area contributed by atoms with Crippen molar-refractivity contribution < 1.29 is 64.3 Å². The summed E-state index contributed by atoms with van der Waals surface area (Å²) in [6.07, 6.45) is 31.7. The Bertz CT molecular complexity index is 3610. The summed E-state index contributed by atoms with van der Waals surface area (Å²) in [6, 6.07) is 2.62. The van der Waals surface area contributed by atoms with Crippen LogP contribution < -0.4 is 15.6 Å². The number of aromatic carboxylic acids is 1. The standard InChI is InChI=1S/C76H98N2O13/c1-44-55(45(2)81)59(83)56-49(58(44)82)29-46(63(86)87)30-53(56)89-64-60(84)62(85)76-32-52-57-50(13-14-51(57)73(91-76)22-9-19-67(39-73)24-26-68(35-67)20-7-11-48(68)12-8-23-74(76,42-80)90-64)72(21-10-28-79)43-88-34-47-31-69-40-71(33-54(69)77-78-75(52,41-69)61(47)72)38-66(17-5-6-18-66)37-70(71)27-25-65(36-70)15-3-4-16-65/h13,29-30,47-48,52,54,60-62,64,77-80,82-85H,3-7,9-12,14-22,24-28,31-43H2,1-2H3,(H,86,87)/t47-,48+,52+,54+,60+,61+,62+,64+,67-,68+,69+,70+,71-,72+,73+,74+,75+,76-/m0/s1. The summed E-state index contributed by atoms with van der Waals surface area (Å²) >= 11 is 0. The van der Waals surface area contributed by atoms with Crippen molar-refractivity contribution in [2.24, 2.45) is 67.0 Å². The Kier molecular flexibility index (Phi) is 12.8. The molecule has 2 aromatic carbocycles. The second-order valence-corrected chi connectivity index (χ2v) is 34.8. The largest absolute Gasteiger partial charge is 0.507 e. The van der Waals surface area contributed by atoms with Crippen LogP contribution in [0.2, 0.25) is 0 Å². The molecule has 5 aliphatic heterocycles. The van der Waals surface area contributed by atoms with Crippen LogP contribution in [0, 0.1) is 85.8 Å². The number of aliphatic hydroxyl groups is 4. The highest BCUT2D eigenvalue weighted by atomic mass is 16.7. The number of phenols is 2. The van der Waals surface area contributed by atoms with Crippen LogP contribution in [0.15, 0.2) is 34.9 Å². The number of aliphatic hydroxyl groups excluding tert-OH is 4. The van der Waals surface area contributed by atoms with Crippen LogP contribution in [-0.2, 0) is 14.2 Å². The van der Waals surface area contributed by atoms with Gasteiger partial charge in [-0.3, -0.25) is 15.6 Å². The highest BCUT2D eigenvalue weighted by Gasteiger charge is 2.81. The maximum atomic E-state index is 14.3. The maximum absolute atomic E-state index is 14.3. The Morgan fingerprint density at radius 1 is 0.791 bits per heavy atom. The summed E-state index contributed by atoms with van der Waals surface area (Å²) in [6.45, 7) is 3.24. The minimum absolute atomic E-state index is 0.0434. The van der Waals surface area contributed by atoms with E-state index in [1.54, 1.807) is 0 Å². The second kappa shape index (κ2) is 19.6. The molecule has 10 spiro atoms. The van der Waals surface area contributed by atoms with Gasteiger partial charge in [0.2, 0.25) is 6.29 Å². The molecule has 15 heteroatoms. The molecule has 91 heavy (non-hydrogen) atoms. The number of Topliss-reactive ketones (excluding diaryl/α,β-unsaturated/α-hetero) is 1. The molecule has 0 unspecified atom stereocenters. The predicted octanol–water partition coefficient (Wildman–Crippen LogP) is 11.6. The molecule has 0 aromatic heterocycles. The van der Waals surface area contributed by atoms with Gasteiger partial charge in [-0.1, -0.05) is 50.0 Å². The molecule has 6 bridgehead atoms. The van der Waals surface area contributed by atoms with Crippen molar-refractivity contribution in [3.8, 4) is 29.1 Å². The molecule has 3 saturated heterocycles. The molecule has 5 heterocycles. The van der Waals surface area contributed by atoms with Gasteiger partial charge in [0.1, 0.15) is 35.1 Å². The number of hydrogen-bond donors (Lipinski definition) is 9. The van der Waals surface area contributed by atoms with Crippen LogP contribution in [0.5, 0.6) is 17.2 Å². The smallest absolute Gasteiger partial charge is 0.335 e. The van der Waals surface area contributed by atoms with Crippen molar-refractivity contribution in [2.75, 3.05) is 26.4 Å². The van der Waals surface area contributed by atoms with Gasteiger partial charge >= 0.3 is 5.97 Å². The number of rotatable bonds is 8. The van der Waals surface area contributed by atoms with Gasteiger partial charge < -0.3 is 54.7 Å². The molecular formula is C76H98N2O13. The van der Waals surface area contributed by atoms with Crippen LogP contribution in [0.3, 0.4) is 0 Å². The molecule has 9 N–H and O–H groups in total. The summed E-state index contributed by atoms with van der Waals surface area (Å²) in [5.41, 5.74) is 7.44. The minimum Gasteiger partial charge on any atom is -0.507 e. The monoisotopic (exact) mass is 1250 g/mol. The number of fused-ring (bicyclic) bond motifs is 3. The summed E-state index contributed by atoms with van der Waals surface area (Å²) in [7, 11) is 0. The Hall–Kier alpha value is -4.08. The molecule has 0 radical (unpaired) electrons. The number of hydrazine groups is 1. The molecule has 11 aliphatic carbocycles. The van der Waals surface area contributed by atoms with Gasteiger partial charge in [-0.15, -0.1) is 0 Å². The lowest BCUT2D eigenvalue weighted by atomic mass is 9.38.